The molecule has 2 fully saturated rings. The smallest absolute Gasteiger partial charge is 0.137 e. The summed E-state index contributed by atoms with van der Waals surface area (Å²) in [4.78, 5) is 0. The summed E-state index contributed by atoms with van der Waals surface area (Å²) in [6.45, 7) is 4.54. The first-order valence-electron chi connectivity index (χ1n) is 9.70. The molecule has 2 aliphatic rings. The first kappa shape index (κ1) is 17.5. The molecule has 0 amide bonds. The predicted octanol–water partition coefficient (Wildman–Crippen LogP) is 6.95. The van der Waals surface area contributed by atoms with E-state index < -0.39 is 11.6 Å². The second-order valence-electron chi connectivity index (χ2n) is 8.45. The van der Waals surface area contributed by atoms with E-state index in [2.05, 4.69) is 19.9 Å². The highest BCUT2D eigenvalue weighted by molar-refractivity contribution is 5.65. The standard InChI is InChI=1S/C24H26F2/c1-24(2)19(14-16-8-6-7-9-16)20(24)15-18-12-13-21(25)22(23(18)26)17-10-4-3-5-11-17/h3-5,10-14,19-20H,6-9,15H2,1-2H3/t19-,20-/m1/s1. The highest BCUT2D eigenvalue weighted by Crippen LogP contribution is 2.61. The van der Waals surface area contributed by atoms with E-state index in [1.54, 1.807) is 23.8 Å². The van der Waals surface area contributed by atoms with E-state index in [-0.39, 0.29) is 11.0 Å². The quantitative estimate of drug-likeness (QED) is 0.522. The van der Waals surface area contributed by atoms with Crippen molar-refractivity contribution in [2.45, 2.75) is 46.0 Å². The van der Waals surface area contributed by atoms with Gasteiger partial charge in [-0.05, 0) is 66.5 Å². The van der Waals surface area contributed by atoms with Crippen molar-refractivity contribution in [2.75, 3.05) is 0 Å². The van der Waals surface area contributed by atoms with Crippen molar-refractivity contribution in [3.05, 3.63) is 71.3 Å². The lowest BCUT2D eigenvalue weighted by atomic mass is 9.97. The van der Waals surface area contributed by atoms with Crippen LogP contribution in [0.1, 0.15) is 45.1 Å². The fourth-order valence-corrected chi connectivity index (χ4v) is 4.62. The zero-order valence-electron chi connectivity index (χ0n) is 15.6. The minimum atomic E-state index is -0.489. The van der Waals surface area contributed by atoms with Crippen LogP contribution in [0, 0.1) is 28.9 Å². The Bertz CT molecular complexity index is 825. The molecule has 0 bridgehead atoms. The molecule has 0 nitrogen and oxygen atoms in total. The van der Waals surface area contributed by atoms with Gasteiger partial charge in [-0.25, -0.2) is 8.78 Å². The van der Waals surface area contributed by atoms with Crippen molar-refractivity contribution in [1.29, 1.82) is 0 Å². The van der Waals surface area contributed by atoms with Crippen molar-refractivity contribution < 1.29 is 8.78 Å². The SMILES string of the molecule is CC1(C)[C@H](C=C2CCCC2)[C@H]1Cc1ccc(F)c(-c2ccccc2)c1F. The van der Waals surface area contributed by atoms with Crippen molar-refractivity contribution in [3.8, 4) is 11.1 Å². The van der Waals surface area contributed by atoms with E-state index in [9.17, 15) is 4.39 Å². The summed E-state index contributed by atoms with van der Waals surface area (Å²) in [7, 11) is 0. The maximum Gasteiger partial charge on any atom is 0.137 e. The minimum absolute atomic E-state index is 0.104. The fraction of sp³-hybridized carbons (Fsp3) is 0.417. The second kappa shape index (κ2) is 6.64. The van der Waals surface area contributed by atoms with Crippen LogP contribution in [0.25, 0.3) is 11.1 Å². The number of allylic oxidation sites excluding steroid dienone is 2. The molecule has 0 heterocycles. The summed E-state index contributed by atoms with van der Waals surface area (Å²) in [5.74, 6) is 0.0581. The lowest BCUT2D eigenvalue weighted by Crippen LogP contribution is -2.01. The van der Waals surface area contributed by atoms with Crippen LogP contribution >= 0.6 is 0 Å². The van der Waals surface area contributed by atoms with E-state index in [4.69, 9.17) is 0 Å². The van der Waals surface area contributed by atoms with Crippen LogP contribution < -0.4 is 0 Å². The average molecular weight is 352 g/mol. The van der Waals surface area contributed by atoms with Crippen LogP contribution in [0.2, 0.25) is 0 Å². The normalized spacial score (nSPS) is 23.9. The molecule has 0 radical (unpaired) electrons. The summed E-state index contributed by atoms with van der Waals surface area (Å²) in [5, 5.41) is 0. The van der Waals surface area contributed by atoms with Gasteiger partial charge in [-0.2, -0.15) is 0 Å². The van der Waals surface area contributed by atoms with Crippen LogP contribution in [0.3, 0.4) is 0 Å². The monoisotopic (exact) mass is 352 g/mol. The van der Waals surface area contributed by atoms with Gasteiger partial charge in [-0.3, -0.25) is 0 Å². The molecular weight excluding hydrogens is 326 g/mol. The van der Waals surface area contributed by atoms with Gasteiger partial charge in [0.25, 0.3) is 0 Å². The summed E-state index contributed by atoms with van der Waals surface area (Å²) in [6, 6.07) is 12.1. The van der Waals surface area contributed by atoms with Gasteiger partial charge >= 0.3 is 0 Å². The number of hydrogen-bond donors (Lipinski definition) is 0. The molecule has 0 unspecified atom stereocenters. The van der Waals surface area contributed by atoms with E-state index in [1.165, 1.54) is 31.7 Å². The molecule has 0 aromatic heterocycles. The first-order valence-corrected chi connectivity index (χ1v) is 9.70. The molecule has 2 aliphatic carbocycles. The Morgan fingerprint density at radius 3 is 2.38 bits per heavy atom. The Kier molecular flexibility index (Phi) is 4.46. The van der Waals surface area contributed by atoms with Crippen LogP contribution in [0.5, 0.6) is 0 Å². The maximum atomic E-state index is 15.1. The molecule has 2 aromatic carbocycles. The van der Waals surface area contributed by atoms with E-state index in [0.29, 0.717) is 29.4 Å². The van der Waals surface area contributed by atoms with Gasteiger partial charge in [0.2, 0.25) is 0 Å². The van der Waals surface area contributed by atoms with E-state index >= 15 is 4.39 Å². The largest absolute Gasteiger partial charge is 0.206 e. The summed E-state index contributed by atoms with van der Waals surface area (Å²) in [5.41, 5.74) is 3.12. The molecule has 2 saturated carbocycles. The molecule has 0 N–H and O–H groups in total. The van der Waals surface area contributed by atoms with Crippen molar-refractivity contribution in [1.82, 2.24) is 0 Å². The second-order valence-corrected chi connectivity index (χ2v) is 8.45. The Hall–Kier alpha value is -1.96. The summed E-state index contributed by atoms with van der Waals surface area (Å²) >= 11 is 0. The average Bonchev–Trinajstić information content (AvgIpc) is 2.97. The molecule has 2 atom stereocenters. The topological polar surface area (TPSA) is 0 Å². The Morgan fingerprint density at radius 2 is 1.69 bits per heavy atom. The van der Waals surface area contributed by atoms with Gasteiger partial charge < -0.3 is 0 Å². The first-order chi connectivity index (χ1) is 12.5. The summed E-state index contributed by atoms with van der Waals surface area (Å²) in [6.07, 6.45) is 8.18. The fourth-order valence-electron chi connectivity index (χ4n) is 4.62. The summed E-state index contributed by atoms with van der Waals surface area (Å²) < 4.78 is 29.5. The third-order valence-electron chi connectivity index (χ3n) is 6.47. The Labute approximate surface area is 154 Å². The molecule has 2 heteroatoms. The Morgan fingerprint density at radius 1 is 1.00 bits per heavy atom. The minimum Gasteiger partial charge on any atom is -0.206 e. The third kappa shape index (κ3) is 3.11. The van der Waals surface area contributed by atoms with Gasteiger partial charge in [0, 0.05) is 0 Å². The van der Waals surface area contributed by atoms with Gasteiger partial charge in [-0.1, -0.05) is 61.9 Å². The number of rotatable bonds is 4. The van der Waals surface area contributed by atoms with Gasteiger partial charge in [-0.15, -0.1) is 0 Å². The van der Waals surface area contributed by atoms with Gasteiger partial charge in [0.1, 0.15) is 11.6 Å². The molecule has 26 heavy (non-hydrogen) atoms. The molecule has 0 aliphatic heterocycles. The number of halogens is 2. The Balaban J connectivity index is 1.60. The van der Waals surface area contributed by atoms with Crippen molar-refractivity contribution in [3.63, 3.8) is 0 Å². The third-order valence-corrected chi connectivity index (χ3v) is 6.47. The van der Waals surface area contributed by atoms with Crippen LogP contribution in [0.4, 0.5) is 8.78 Å². The molecule has 4 rings (SSSR count). The molecular formula is C24H26F2. The lowest BCUT2D eigenvalue weighted by molar-refractivity contribution is 0.532. The maximum absolute atomic E-state index is 15.1. The highest BCUT2D eigenvalue weighted by Gasteiger charge is 2.56. The molecule has 2 aromatic rings. The van der Waals surface area contributed by atoms with E-state index in [0.717, 1.165) is 0 Å². The van der Waals surface area contributed by atoms with Crippen molar-refractivity contribution >= 4 is 0 Å². The predicted molar refractivity (Wildman–Crippen MR) is 103 cm³/mol. The lowest BCUT2D eigenvalue weighted by Gasteiger charge is -2.11. The van der Waals surface area contributed by atoms with Crippen LogP contribution in [-0.2, 0) is 6.42 Å². The van der Waals surface area contributed by atoms with Gasteiger partial charge in [0.15, 0.2) is 0 Å². The zero-order chi connectivity index (χ0) is 18.3. The van der Waals surface area contributed by atoms with Crippen molar-refractivity contribution in [2.24, 2.45) is 17.3 Å². The van der Waals surface area contributed by atoms with Crippen LogP contribution in [-0.4, -0.2) is 0 Å². The molecule has 136 valence electrons. The zero-order valence-corrected chi connectivity index (χ0v) is 15.6. The van der Waals surface area contributed by atoms with E-state index in [1.807, 2.05) is 18.2 Å². The van der Waals surface area contributed by atoms with Crippen LogP contribution in [0.15, 0.2) is 54.1 Å². The number of benzene rings is 2. The van der Waals surface area contributed by atoms with Gasteiger partial charge in [0.05, 0.1) is 5.56 Å². The molecule has 0 saturated heterocycles. The molecule has 0 spiro atoms. The number of hydrogen-bond acceptors (Lipinski definition) is 0. The highest BCUT2D eigenvalue weighted by atomic mass is 19.1.